The molecule has 1 aliphatic carbocycles. The zero-order chi connectivity index (χ0) is 8.97. The van der Waals surface area contributed by atoms with Gasteiger partial charge in [0, 0.05) is 0 Å². The molecule has 1 atom stereocenters. The van der Waals surface area contributed by atoms with Gasteiger partial charge in [0.15, 0.2) is 0 Å². The normalized spacial score (nSPS) is 23.8. The van der Waals surface area contributed by atoms with E-state index in [0.717, 1.165) is 0 Å². The molecule has 0 aromatic carbocycles. The first-order valence-corrected chi connectivity index (χ1v) is 4.44. The molecule has 0 heterocycles. The van der Waals surface area contributed by atoms with Crippen LogP contribution in [0, 0.1) is 5.92 Å². The quantitative estimate of drug-likeness (QED) is 0.549. The highest BCUT2D eigenvalue weighted by Gasteiger charge is 1.98. The lowest BCUT2D eigenvalue weighted by Crippen LogP contribution is -1.78. The van der Waals surface area contributed by atoms with E-state index in [1.165, 1.54) is 11.1 Å². The van der Waals surface area contributed by atoms with Crippen LogP contribution in [0.25, 0.3) is 0 Å². The lowest BCUT2D eigenvalue weighted by molar-refractivity contribution is 0.941. The van der Waals surface area contributed by atoms with Crippen molar-refractivity contribution in [1.82, 2.24) is 0 Å². The van der Waals surface area contributed by atoms with Gasteiger partial charge in [-0.2, -0.15) is 0 Å². The van der Waals surface area contributed by atoms with Crippen molar-refractivity contribution in [2.45, 2.75) is 20.8 Å². The first-order valence-electron chi connectivity index (χ1n) is 4.44. The van der Waals surface area contributed by atoms with Crippen molar-refractivity contribution in [3.05, 3.63) is 47.6 Å². The van der Waals surface area contributed by atoms with Gasteiger partial charge < -0.3 is 0 Å². The Bertz CT molecular complexity index is 262. The Morgan fingerprint density at radius 3 is 2.58 bits per heavy atom. The van der Waals surface area contributed by atoms with E-state index in [1.54, 1.807) is 0 Å². The van der Waals surface area contributed by atoms with E-state index < -0.39 is 0 Å². The van der Waals surface area contributed by atoms with Crippen LogP contribution in [0.1, 0.15) is 20.8 Å². The standard InChI is InChI=1S/C12H16/c1-4-5-12-9-7-10(2)6-8-11(12)3/h4-10H,1-3H3/b5-4-. The van der Waals surface area contributed by atoms with Gasteiger partial charge in [-0.3, -0.25) is 0 Å². The maximum absolute atomic E-state index is 2.22. The maximum atomic E-state index is 2.22. The van der Waals surface area contributed by atoms with E-state index >= 15 is 0 Å². The summed E-state index contributed by atoms with van der Waals surface area (Å²) in [6.45, 7) is 6.39. The van der Waals surface area contributed by atoms with Crippen LogP contribution in [0.3, 0.4) is 0 Å². The van der Waals surface area contributed by atoms with Crippen molar-refractivity contribution in [1.29, 1.82) is 0 Å². The Balaban J connectivity index is 2.96. The van der Waals surface area contributed by atoms with Crippen molar-refractivity contribution in [3.63, 3.8) is 0 Å². The molecule has 0 bridgehead atoms. The minimum absolute atomic E-state index is 0.558. The summed E-state index contributed by atoms with van der Waals surface area (Å²) >= 11 is 0. The van der Waals surface area contributed by atoms with Crippen molar-refractivity contribution >= 4 is 0 Å². The minimum Gasteiger partial charge on any atom is -0.0871 e. The van der Waals surface area contributed by atoms with Crippen LogP contribution >= 0.6 is 0 Å². The third kappa shape index (κ3) is 2.23. The Labute approximate surface area is 75.0 Å². The van der Waals surface area contributed by atoms with Crippen LogP contribution in [0.2, 0.25) is 0 Å². The summed E-state index contributed by atoms with van der Waals surface area (Å²) in [6, 6.07) is 0. The first-order chi connectivity index (χ1) is 5.74. The number of allylic oxidation sites excluding steroid dienone is 8. The largest absolute Gasteiger partial charge is 0.0871 e. The van der Waals surface area contributed by atoms with Gasteiger partial charge in [-0.25, -0.2) is 0 Å². The second kappa shape index (κ2) is 4.10. The van der Waals surface area contributed by atoms with E-state index in [4.69, 9.17) is 0 Å². The van der Waals surface area contributed by atoms with Gasteiger partial charge in [0.2, 0.25) is 0 Å². The number of rotatable bonds is 1. The molecule has 0 aromatic heterocycles. The number of hydrogen-bond acceptors (Lipinski definition) is 0. The van der Waals surface area contributed by atoms with Crippen LogP contribution in [0.4, 0.5) is 0 Å². The summed E-state index contributed by atoms with van der Waals surface area (Å²) in [5.41, 5.74) is 2.66. The lowest BCUT2D eigenvalue weighted by atomic mass is 10.1. The second-order valence-electron chi connectivity index (χ2n) is 3.22. The Kier molecular flexibility index (Phi) is 3.09. The zero-order valence-corrected chi connectivity index (χ0v) is 8.04. The van der Waals surface area contributed by atoms with E-state index in [2.05, 4.69) is 50.3 Å². The molecule has 0 aliphatic heterocycles. The molecule has 1 rings (SSSR count). The van der Waals surface area contributed by atoms with Crippen LogP contribution in [0.5, 0.6) is 0 Å². The van der Waals surface area contributed by atoms with Crippen molar-refractivity contribution in [2.75, 3.05) is 0 Å². The molecule has 0 radical (unpaired) electrons. The maximum Gasteiger partial charge on any atom is -0.00753 e. The van der Waals surface area contributed by atoms with E-state index in [0.29, 0.717) is 5.92 Å². The fourth-order valence-corrected chi connectivity index (χ4v) is 1.21. The highest BCUT2D eigenvalue weighted by Crippen LogP contribution is 2.16. The molecule has 0 saturated carbocycles. The Morgan fingerprint density at radius 1 is 1.25 bits per heavy atom. The molecule has 1 aliphatic rings. The van der Waals surface area contributed by atoms with Gasteiger partial charge >= 0.3 is 0 Å². The van der Waals surface area contributed by atoms with Crippen LogP contribution in [-0.2, 0) is 0 Å². The topological polar surface area (TPSA) is 0 Å². The van der Waals surface area contributed by atoms with Gasteiger partial charge in [0.1, 0.15) is 0 Å². The van der Waals surface area contributed by atoms with Gasteiger partial charge in [0.25, 0.3) is 0 Å². The summed E-state index contributed by atoms with van der Waals surface area (Å²) in [7, 11) is 0. The van der Waals surface area contributed by atoms with E-state index in [-0.39, 0.29) is 0 Å². The Hall–Kier alpha value is -1.04. The summed E-state index contributed by atoms with van der Waals surface area (Å²) in [6.07, 6.45) is 13.1. The van der Waals surface area contributed by atoms with E-state index in [1.807, 2.05) is 6.92 Å². The highest BCUT2D eigenvalue weighted by molar-refractivity contribution is 5.42. The van der Waals surface area contributed by atoms with Gasteiger partial charge in [-0.05, 0) is 30.9 Å². The minimum atomic E-state index is 0.558. The summed E-state index contributed by atoms with van der Waals surface area (Å²) in [5.74, 6) is 0.558. The fraction of sp³-hybridized carbons (Fsp3) is 0.333. The van der Waals surface area contributed by atoms with Crippen LogP contribution < -0.4 is 0 Å². The van der Waals surface area contributed by atoms with Gasteiger partial charge in [-0.1, -0.05) is 43.4 Å². The molecule has 0 saturated heterocycles. The summed E-state index contributed by atoms with van der Waals surface area (Å²) in [4.78, 5) is 0. The molecular weight excluding hydrogens is 144 g/mol. The van der Waals surface area contributed by atoms with Crippen LogP contribution in [0.15, 0.2) is 47.6 Å². The average molecular weight is 160 g/mol. The Morgan fingerprint density at radius 2 is 1.92 bits per heavy atom. The molecule has 64 valence electrons. The fourth-order valence-electron chi connectivity index (χ4n) is 1.21. The van der Waals surface area contributed by atoms with Gasteiger partial charge in [0.05, 0.1) is 0 Å². The average Bonchev–Trinajstić information content (AvgIpc) is 2.20. The number of hydrogen-bond donors (Lipinski definition) is 0. The van der Waals surface area contributed by atoms with Gasteiger partial charge in [-0.15, -0.1) is 0 Å². The molecule has 1 unspecified atom stereocenters. The third-order valence-corrected chi connectivity index (χ3v) is 2.03. The smallest absolute Gasteiger partial charge is 0.00753 e. The van der Waals surface area contributed by atoms with Crippen molar-refractivity contribution < 1.29 is 0 Å². The molecule has 0 heteroatoms. The van der Waals surface area contributed by atoms with Crippen molar-refractivity contribution in [2.24, 2.45) is 5.92 Å². The molecule has 0 spiro atoms. The first kappa shape index (κ1) is 9.05. The SMILES string of the molecule is C/C=C\C1=C(C)C=CC(C)C=C1. The molecule has 0 fully saturated rings. The van der Waals surface area contributed by atoms with E-state index in [9.17, 15) is 0 Å². The zero-order valence-electron chi connectivity index (χ0n) is 8.04. The molecular formula is C12H16. The molecule has 12 heavy (non-hydrogen) atoms. The van der Waals surface area contributed by atoms with Crippen LogP contribution in [-0.4, -0.2) is 0 Å². The second-order valence-corrected chi connectivity index (χ2v) is 3.22. The third-order valence-electron chi connectivity index (χ3n) is 2.03. The summed E-state index contributed by atoms with van der Waals surface area (Å²) < 4.78 is 0. The molecule has 0 N–H and O–H groups in total. The molecule has 0 nitrogen and oxygen atoms in total. The summed E-state index contributed by atoms with van der Waals surface area (Å²) in [5, 5.41) is 0. The monoisotopic (exact) mass is 160 g/mol. The predicted octanol–water partition coefficient (Wildman–Crippen LogP) is 3.64. The van der Waals surface area contributed by atoms with Crippen molar-refractivity contribution in [3.8, 4) is 0 Å². The predicted molar refractivity (Wildman–Crippen MR) is 55.0 cm³/mol. The molecule has 0 amide bonds. The molecule has 0 aromatic rings. The lowest BCUT2D eigenvalue weighted by Gasteiger charge is -1.95. The highest BCUT2D eigenvalue weighted by atomic mass is 14.0.